The Morgan fingerprint density at radius 2 is 2.12 bits per heavy atom. The van der Waals surface area contributed by atoms with E-state index in [-0.39, 0.29) is 5.56 Å². The summed E-state index contributed by atoms with van der Waals surface area (Å²) >= 11 is 0. The first-order chi connectivity index (χ1) is 8.06. The van der Waals surface area contributed by atoms with E-state index in [1.807, 2.05) is 13.0 Å². The third kappa shape index (κ3) is 2.61. The average Bonchev–Trinajstić information content (AvgIpc) is 2.59. The zero-order chi connectivity index (χ0) is 12.4. The predicted molar refractivity (Wildman–Crippen MR) is 65.3 cm³/mol. The molecule has 0 atom stereocenters. The molecular formula is C12H16N4O. The first-order valence-corrected chi connectivity index (χ1v) is 5.68. The lowest BCUT2D eigenvalue weighted by atomic mass is 10.1. The maximum atomic E-state index is 11.8. The van der Waals surface area contributed by atoms with E-state index in [4.69, 9.17) is 0 Å². The van der Waals surface area contributed by atoms with E-state index < -0.39 is 0 Å². The molecule has 0 aliphatic rings. The van der Waals surface area contributed by atoms with Gasteiger partial charge in [0.05, 0.1) is 5.69 Å². The van der Waals surface area contributed by atoms with E-state index in [1.165, 1.54) is 4.68 Å². The van der Waals surface area contributed by atoms with Gasteiger partial charge in [-0.1, -0.05) is 13.8 Å². The molecule has 0 aliphatic carbocycles. The van der Waals surface area contributed by atoms with Crippen molar-refractivity contribution >= 4 is 0 Å². The van der Waals surface area contributed by atoms with Crippen molar-refractivity contribution in [2.45, 2.75) is 27.2 Å². The van der Waals surface area contributed by atoms with Gasteiger partial charge in [0.1, 0.15) is 0 Å². The second kappa shape index (κ2) is 4.53. The minimum Gasteiger partial charge on any atom is -0.294 e. The SMILES string of the molecule is Cc1ccc(-n2[nH]c(CC(C)C)cc2=O)nn1. The molecule has 0 aliphatic heterocycles. The first kappa shape index (κ1) is 11.6. The summed E-state index contributed by atoms with van der Waals surface area (Å²) in [5.74, 6) is 1.03. The second-order valence-corrected chi connectivity index (χ2v) is 4.59. The van der Waals surface area contributed by atoms with Crippen LogP contribution >= 0.6 is 0 Å². The van der Waals surface area contributed by atoms with Crippen LogP contribution < -0.4 is 5.56 Å². The number of aromatic amines is 1. The van der Waals surface area contributed by atoms with Crippen LogP contribution in [0.25, 0.3) is 5.82 Å². The van der Waals surface area contributed by atoms with Gasteiger partial charge in [-0.2, -0.15) is 9.78 Å². The molecule has 0 aromatic carbocycles. The van der Waals surface area contributed by atoms with Gasteiger partial charge in [0, 0.05) is 11.8 Å². The third-order valence-corrected chi connectivity index (χ3v) is 2.41. The maximum Gasteiger partial charge on any atom is 0.272 e. The topological polar surface area (TPSA) is 63.6 Å². The van der Waals surface area contributed by atoms with Crippen LogP contribution in [0.4, 0.5) is 0 Å². The van der Waals surface area contributed by atoms with Crippen molar-refractivity contribution in [1.82, 2.24) is 20.0 Å². The van der Waals surface area contributed by atoms with Gasteiger partial charge in [-0.3, -0.25) is 9.89 Å². The molecule has 1 N–H and O–H groups in total. The van der Waals surface area contributed by atoms with Crippen LogP contribution in [-0.4, -0.2) is 20.0 Å². The minimum absolute atomic E-state index is 0.0983. The fraction of sp³-hybridized carbons (Fsp3) is 0.417. The van der Waals surface area contributed by atoms with Crippen molar-refractivity contribution < 1.29 is 0 Å². The van der Waals surface area contributed by atoms with E-state index in [9.17, 15) is 4.79 Å². The molecule has 17 heavy (non-hydrogen) atoms. The van der Waals surface area contributed by atoms with Crippen molar-refractivity contribution in [3.05, 3.63) is 39.9 Å². The molecule has 2 aromatic rings. The number of nitrogens with zero attached hydrogens (tertiary/aromatic N) is 3. The number of nitrogens with one attached hydrogen (secondary N) is 1. The number of hydrogen-bond acceptors (Lipinski definition) is 3. The Morgan fingerprint density at radius 1 is 1.35 bits per heavy atom. The zero-order valence-electron chi connectivity index (χ0n) is 10.3. The standard InChI is InChI=1S/C12H16N4O/c1-8(2)6-10-7-12(17)16(15-10)11-5-4-9(3)13-14-11/h4-5,7-8,15H,6H2,1-3H3. The molecule has 2 aromatic heterocycles. The summed E-state index contributed by atoms with van der Waals surface area (Å²) in [5.41, 5.74) is 1.65. The number of rotatable bonds is 3. The number of hydrogen-bond donors (Lipinski definition) is 1. The highest BCUT2D eigenvalue weighted by Gasteiger charge is 2.07. The summed E-state index contributed by atoms with van der Waals surface area (Å²) in [6.07, 6.45) is 0.849. The molecule has 0 bridgehead atoms. The van der Waals surface area contributed by atoms with Gasteiger partial charge < -0.3 is 0 Å². The quantitative estimate of drug-likeness (QED) is 0.871. The van der Waals surface area contributed by atoms with Gasteiger partial charge in [0.25, 0.3) is 5.56 Å². The number of aromatic nitrogens is 4. The molecule has 0 fully saturated rings. The van der Waals surface area contributed by atoms with E-state index >= 15 is 0 Å². The molecule has 0 saturated heterocycles. The zero-order valence-corrected chi connectivity index (χ0v) is 10.3. The Morgan fingerprint density at radius 3 is 2.71 bits per heavy atom. The van der Waals surface area contributed by atoms with Gasteiger partial charge in [-0.15, -0.1) is 5.10 Å². The number of H-pyrrole nitrogens is 1. The predicted octanol–water partition coefficient (Wildman–Crippen LogP) is 1.46. The van der Waals surface area contributed by atoms with Gasteiger partial charge in [-0.25, -0.2) is 0 Å². The normalized spacial score (nSPS) is 11.1. The lowest BCUT2D eigenvalue weighted by Gasteiger charge is -2.02. The molecule has 2 rings (SSSR count). The van der Waals surface area contributed by atoms with Crippen molar-refractivity contribution in [3.63, 3.8) is 0 Å². The van der Waals surface area contributed by atoms with Crippen LogP contribution in [0.15, 0.2) is 23.0 Å². The van der Waals surface area contributed by atoms with Gasteiger partial charge in [0.15, 0.2) is 5.82 Å². The van der Waals surface area contributed by atoms with Gasteiger partial charge in [-0.05, 0) is 31.4 Å². The Labute approximate surface area is 99.5 Å². The lowest BCUT2D eigenvalue weighted by Crippen LogP contribution is -2.15. The number of aryl methyl sites for hydroxylation is 1. The summed E-state index contributed by atoms with van der Waals surface area (Å²) in [5, 5.41) is 11.0. The molecule has 2 heterocycles. The fourth-order valence-electron chi connectivity index (χ4n) is 1.67. The molecule has 0 saturated carbocycles. The Kier molecular flexibility index (Phi) is 3.08. The van der Waals surface area contributed by atoms with Crippen LogP contribution in [0.3, 0.4) is 0 Å². The van der Waals surface area contributed by atoms with Gasteiger partial charge >= 0.3 is 0 Å². The van der Waals surface area contributed by atoms with E-state index in [2.05, 4.69) is 29.1 Å². The van der Waals surface area contributed by atoms with Crippen LogP contribution in [0.1, 0.15) is 25.2 Å². The fourth-order valence-corrected chi connectivity index (χ4v) is 1.67. The first-order valence-electron chi connectivity index (χ1n) is 5.68. The largest absolute Gasteiger partial charge is 0.294 e. The molecule has 5 nitrogen and oxygen atoms in total. The van der Waals surface area contributed by atoms with Crippen molar-refractivity contribution in [2.24, 2.45) is 5.92 Å². The van der Waals surface area contributed by atoms with Crippen molar-refractivity contribution in [3.8, 4) is 5.82 Å². The Bertz CT molecular complexity index is 551. The summed E-state index contributed by atoms with van der Waals surface area (Å²) in [7, 11) is 0. The van der Waals surface area contributed by atoms with E-state index in [0.717, 1.165) is 17.8 Å². The Balaban J connectivity index is 2.36. The highest BCUT2D eigenvalue weighted by Crippen LogP contribution is 2.05. The highest BCUT2D eigenvalue weighted by molar-refractivity contribution is 5.21. The third-order valence-electron chi connectivity index (χ3n) is 2.41. The molecule has 90 valence electrons. The van der Waals surface area contributed by atoms with Gasteiger partial charge in [0.2, 0.25) is 0 Å². The highest BCUT2D eigenvalue weighted by atomic mass is 16.1. The second-order valence-electron chi connectivity index (χ2n) is 4.59. The molecule has 5 heteroatoms. The molecule has 0 amide bonds. The van der Waals surface area contributed by atoms with Crippen molar-refractivity contribution in [2.75, 3.05) is 0 Å². The van der Waals surface area contributed by atoms with Crippen LogP contribution in [0.5, 0.6) is 0 Å². The summed E-state index contributed by atoms with van der Waals surface area (Å²) in [4.78, 5) is 11.8. The molecule has 0 radical (unpaired) electrons. The molecule has 0 spiro atoms. The summed E-state index contributed by atoms with van der Waals surface area (Å²) < 4.78 is 1.42. The monoisotopic (exact) mass is 232 g/mol. The average molecular weight is 232 g/mol. The molecule has 0 unspecified atom stereocenters. The van der Waals surface area contributed by atoms with Crippen LogP contribution in [0, 0.1) is 12.8 Å². The van der Waals surface area contributed by atoms with Crippen molar-refractivity contribution in [1.29, 1.82) is 0 Å². The maximum absolute atomic E-state index is 11.8. The molecular weight excluding hydrogens is 216 g/mol. The minimum atomic E-state index is -0.0983. The van der Waals surface area contributed by atoms with Crippen LogP contribution in [-0.2, 0) is 6.42 Å². The summed E-state index contributed by atoms with van der Waals surface area (Å²) in [6.45, 7) is 6.08. The smallest absolute Gasteiger partial charge is 0.272 e. The van der Waals surface area contributed by atoms with E-state index in [0.29, 0.717) is 11.7 Å². The lowest BCUT2D eigenvalue weighted by molar-refractivity contribution is 0.626. The Hall–Kier alpha value is -1.91. The summed E-state index contributed by atoms with van der Waals surface area (Å²) in [6, 6.07) is 5.22. The van der Waals surface area contributed by atoms with Crippen LogP contribution in [0.2, 0.25) is 0 Å². The van der Waals surface area contributed by atoms with E-state index in [1.54, 1.807) is 12.1 Å².